The van der Waals surface area contributed by atoms with E-state index >= 15 is 0 Å². The van der Waals surface area contributed by atoms with Crippen LogP contribution in [0.15, 0.2) is 36.5 Å². The average molecular weight is 312 g/mol. The molecule has 0 fully saturated rings. The van der Waals surface area contributed by atoms with E-state index in [-0.39, 0.29) is 0 Å². The summed E-state index contributed by atoms with van der Waals surface area (Å²) in [6.45, 7) is 1.12. The summed E-state index contributed by atoms with van der Waals surface area (Å²) < 4.78 is 42.4. The van der Waals surface area contributed by atoms with Crippen LogP contribution in [0.5, 0.6) is 0 Å². The highest BCUT2D eigenvalue weighted by atomic mass is 19.4. The van der Waals surface area contributed by atoms with Gasteiger partial charge < -0.3 is 15.4 Å². The second kappa shape index (κ2) is 7.08. The lowest BCUT2D eigenvalue weighted by Crippen LogP contribution is -2.09. The van der Waals surface area contributed by atoms with Crippen molar-refractivity contribution in [3.05, 3.63) is 42.1 Å². The first kappa shape index (κ1) is 16.0. The monoisotopic (exact) mass is 312 g/mol. The van der Waals surface area contributed by atoms with Crippen molar-refractivity contribution in [2.45, 2.75) is 6.18 Å². The van der Waals surface area contributed by atoms with E-state index in [1.54, 1.807) is 19.4 Å². The molecule has 2 aromatic rings. The molecule has 0 spiro atoms. The molecule has 0 atom stereocenters. The zero-order chi connectivity index (χ0) is 16.0. The first-order valence-corrected chi connectivity index (χ1v) is 6.49. The number of alkyl halides is 3. The number of nitrogens with zero attached hydrogens (tertiary/aromatic N) is 2. The van der Waals surface area contributed by atoms with Crippen molar-refractivity contribution in [1.82, 2.24) is 9.97 Å². The Balaban J connectivity index is 2.02. The van der Waals surface area contributed by atoms with Gasteiger partial charge in [-0.1, -0.05) is 0 Å². The first-order valence-electron chi connectivity index (χ1n) is 6.49. The Hall–Kier alpha value is -2.35. The number of rotatable bonds is 6. The smallest absolute Gasteiger partial charge is 0.383 e. The highest BCUT2D eigenvalue weighted by Crippen LogP contribution is 2.30. The van der Waals surface area contributed by atoms with Gasteiger partial charge in [0.1, 0.15) is 5.82 Å². The molecule has 0 saturated carbocycles. The maximum Gasteiger partial charge on any atom is 0.416 e. The Bertz CT molecular complexity index is 602. The van der Waals surface area contributed by atoms with Crippen LogP contribution < -0.4 is 10.6 Å². The zero-order valence-electron chi connectivity index (χ0n) is 11.8. The molecule has 118 valence electrons. The lowest BCUT2D eigenvalue weighted by atomic mass is 10.2. The fraction of sp³-hybridized carbons (Fsp3) is 0.286. The fourth-order valence-corrected chi connectivity index (χ4v) is 1.67. The minimum absolute atomic E-state index is 0.294. The minimum atomic E-state index is -4.35. The largest absolute Gasteiger partial charge is 0.416 e. The van der Waals surface area contributed by atoms with E-state index in [4.69, 9.17) is 4.74 Å². The van der Waals surface area contributed by atoms with Crippen molar-refractivity contribution < 1.29 is 17.9 Å². The Morgan fingerprint density at radius 3 is 2.50 bits per heavy atom. The summed E-state index contributed by atoms with van der Waals surface area (Å²) in [4.78, 5) is 8.22. The molecule has 0 radical (unpaired) electrons. The lowest BCUT2D eigenvalue weighted by molar-refractivity contribution is -0.137. The van der Waals surface area contributed by atoms with Gasteiger partial charge in [0.25, 0.3) is 0 Å². The first-order chi connectivity index (χ1) is 10.5. The number of aromatic nitrogens is 2. The Morgan fingerprint density at radius 1 is 1.14 bits per heavy atom. The molecule has 2 rings (SSSR count). The normalized spacial score (nSPS) is 11.3. The van der Waals surface area contributed by atoms with Crippen molar-refractivity contribution in [3.8, 4) is 0 Å². The van der Waals surface area contributed by atoms with Crippen LogP contribution in [0, 0.1) is 0 Å². The van der Waals surface area contributed by atoms with Gasteiger partial charge in [-0.25, -0.2) is 4.98 Å². The summed E-state index contributed by atoms with van der Waals surface area (Å²) in [6.07, 6.45) is -2.80. The van der Waals surface area contributed by atoms with Crippen LogP contribution in [0.1, 0.15) is 5.56 Å². The predicted octanol–water partition coefficient (Wildman–Crippen LogP) is 3.30. The number of hydrogen-bond acceptors (Lipinski definition) is 5. The number of anilines is 3. The number of nitrogens with one attached hydrogen (secondary N) is 2. The fourth-order valence-electron chi connectivity index (χ4n) is 1.67. The molecule has 2 N–H and O–H groups in total. The van der Waals surface area contributed by atoms with Crippen molar-refractivity contribution in [2.24, 2.45) is 0 Å². The molecule has 0 amide bonds. The SMILES string of the molecule is COCCNc1ccnc(Nc2ccc(C(F)(F)F)cc2)n1. The molecular weight excluding hydrogens is 297 g/mol. The summed E-state index contributed by atoms with van der Waals surface area (Å²) in [7, 11) is 1.60. The highest BCUT2D eigenvalue weighted by molar-refractivity contribution is 5.55. The van der Waals surface area contributed by atoms with Gasteiger partial charge in [0.2, 0.25) is 5.95 Å². The van der Waals surface area contributed by atoms with Crippen molar-refractivity contribution in [1.29, 1.82) is 0 Å². The van der Waals surface area contributed by atoms with E-state index < -0.39 is 11.7 Å². The van der Waals surface area contributed by atoms with Gasteiger partial charge in [-0.3, -0.25) is 0 Å². The zero-order valence-corrected chi connectivity index (χ0v) is 11.8. The lowest BCUT2D eigenvalue weighted by Gasteiger charge is -2.10. The van der Waals surface area contributed by atoms with Gasteiger partial charge in [-0.05, 0) is 30.3 Å². The van der Waals surface area contributed by atoms with Crippen LogP contribution in [-0.4, -0.2) is 30.2 Å². The van der Waals surface area contributed by atoms with Crippen LogP contribution in [0.25, 0.3) is 0 Å². The summed E-state index contributed by atoms with van der Waals surface area (Å²) in [5.74, 6) is 0.892. The standard InChI is InChI=1S/C14H15F3N4O/c1-22-9-8-18-12-6-7-19-13(21-12)20-11-4-2-10(3-5-11)14(15,16)17/h2-7H,8-9H2,1H3,(H2,18,19,20,21). The maximum absolute atomic E-state index is 12.5. The van der Waals surface area contributed by atoms with Crippen molar-refractivity contribution in [2.75, 3.05) is 30.9 Å². The van der Waals surface area contributed by atoms with Crippen LogP contribution in [-0.2, 0) is 10.9 Å². The number of benzene rings is 1. The number of ether oxygens (including phenoxy) is 1. The van der Waals surface area contributed by atoms with Gasteiger partial charge in [0.05, 0.1) is 12.2 Å². The Labute approximate surface area is 125 Å². The van der Waals surface area contributed by atoms with Gasteiger partial charge in [-0.15, -0.1) is 0 Å². The molecule has 0 saturated heterocycles. The molecular formula is C14H15F3N4O. The number of methoxy groups -OCH3 is 1. The predicted molar refractivity (Wildman–Crippen MR) is 77.1 cm³/mol. The molecule has 5 nitrogen and oxygen atoms in total. The summed E-state index contributed by atoms with van der Waals surface area (Å²) in [5, 5.41) is 5.89. The van der Waals surface area contributed by atoms with Gasteiger partial charge in [0, 0.05) is 25.5 Å². The molecule has 0 unspecified atom stereocenters. The van der Waals surface area contributed by atoms with Gasteiger partial charge in [0.15, 0.2) is 0 Å². The molecule has 22 heavy (non-hydrogen) atoms. The molecule has 1 aromatic carbocycles. The molecule has 1 heterocycles. The molecule has 0 aliphatic rings. The summed E-state index contributed by atoms with van der Waals surface area (Å²) >= 11 is 0. The minimum Gasteiger partial charge on any atom is -0.383 e. The van der Waals surface area contributed by atoms with E-state index in [0.717, 1.165) is 12.1 Å². The topological polar surface area (TPSA) is 59.1 Å². The van der Waals surface area contributed by atoms with E-state index in [0.29, 0.717) is 30.6 Å². The quantitative estimate of drug-likeness (QED) is 0.802. The molecule has 1 aromatic heterocycles. The molecule has 0 aliphatic carbocycles. The number of halogens is 3. The Morgan fingerprint density at radius 2 is 1.86 bits per heavy atom. The third-order valence-corrected chi connectivity index (χ3v) is 2.74. The Kier molecular flexibility index (Phi) is 5.16. The van der Waals surface area contributed by atoms with Crippen molar-refractivity contribution in [3.63, 3.8) is 0 Å². The molecule has 0 aliphatic heterocycles. The van der Waals surface area contributed by atoms with Crippen LogP contribution >= 0.6 is 0 Å². The van der Waals surface area contributed by atoms with Gasteiger partial charge >= 0.3 is 6.18 Å². The van der Waals surface area contributed by atoms with Crippen molar-refractivity contribution >= 4 is 17.5 Å². The van der Waals surface area contributed by atoms with E-state index in [2.05, 4.69) is 20.6 Å². The van der Waals surface area contributed by atoms with Crippen LogP contribution in [0.2, 0.25) is 0 Å². The number of hydrogen-bond donors (Lipinski definition) is 2. The maximum atomic E-state index is 12.5. The van der Waals surface area contributed by atoms with E-state index in [1.165, 1.54) is 12.1 Å². The molecule has 8 heteroatoms. The van der Waals surface area contributed by atoms with Crippen LogP contribution in [0.4, 0.5) is 30.6 Å². The second-order valence-corrected chi connectivity index (χ2v) is 4.39. The van der Waals surface area contributed by atoms with Crippen LogP contribution in [0.3, 0.4) is 0 Å². The highest BCUT2D eigenvalue weighted by Gasteiger charge is 2.29. The summed E-state index contributed by atoms with van der Waals surface area (Å²) in [5.41, 5.74) is -0.226. The average Bonchev–Trinajstić information content (AvgIpc) is 2.48. The van der Waals surface area contributed by atoms with Gasteiger partial charge in [-0.2, -0.15) is 18.2 Å². The summed E-state index contributed by atoms with van der Waals surface area (Å²) in [6, 6.07) is 6.36. The van der Waals surface area contributed by atoms with E-state index in [9.17, 15) is 13.2 Å². The molecule has 0 bridgehead atoms. The van der Waals surface area contributed by atoms with E-state index in [1.807, 2.05) is 0 Å². The third kappa shape index (κ3) is 4.59. The second-order valence-electron chi connectivity index (χ2n) is 4.39. The third-order valence-electron chi connectivity index (χ3n) is 2.74.